The number of rotatable bonds is 8. The number of nitriles is 1. The molecule has 0 fully saturated rings. The maximum Gasteiger partial charge on any atom is 0.252 e. The number of halogens is 1. The lowest BCUT2D eigenvalue weighted by molar-refractivity contribution is -0.129. The van der Waals surface area contributed by atoms with Gasteiger partial charge in [0.05, 0.1) is 48.7 Å². The fraction of sp³-hybridized carbons (Fsp3) is 0.333. The van der Waals surface area contributed by atoms with Crippen LogP contribution in [0.3, 0.4) is 0 Å². The molecule has 0 unspecified atom stereocenters. The molecule has 0 aromatic heterocycles. The van der Waals surface area contributed by atoms with Crippen molar-refractivity contribution in [1.82, 2.24) is 10.6 Å². The van der Waals surface area contributed by atoms with Crippen molar-refractivity contribution in [3.05, 3.63) is 65.7 Å². The summed E-state index contributed by atoms with van der Waals surface area (Å²) in [5.74, 6) is -2.09. The molecule has 1 heterocycles. The molecule has 3 atom stereocenters. The van der Waals surface area contributed by atoms with Crippen molar-refractivity contribution in [3.8, 4) is 11.8 Å². The van der Waals surface area contributed by atoms with Crippen molar-refractivity contribution in [1.29, 1.82) is 5.26 Å². The first kappa shape index (κ1) is 33.3. The number of amides is 3. The highest BCUT2D eigenvalue weighted by molar-refractivity contribution is 7.91. The number of hydrogen-bond acceptors (Lipinski definition) is 8. The summed E-state index contributed by atoms with van der Waals surface area (Å²) in [7, 11) is -0.633. The molecular weight excluding hydrogens is 594 g/mol. The lowest BCUT2D eigenvalue weighted by atomic mass is 10.0. The van der Waals surface area contributed by atoms with Gasteiger partial charge in [0, 0.05) is 11.8 Å². The first-order valence-corrected chi connectivity index (χ1v) is 15.3. The van der Waals surface area contributed by atoms with Gasteiger partial charge in [-0.1, -0.05) is 30.3 Å². The zero-order valence-corrected chi connectivity index (χ0v) is 26.1. The minimum Gasteiger partial charge on any atom is -0.496 e. The number of nitrogens with zero attached hydrogens (tertiary/aromatic N) is 3. The Morgan fingerprint density at radius 3 is 2.44 bits per heavy atom. The summed E-state index contributed by atoms with van der Waals surface area (Å²) >= 11 is 0. The third-order valence-electron chi connectivity index (χ3n) is 7.39. The molecule has 11 nitrogen and oxygen atoms in total. The van der Waals surface area contributed by atoms with Crippen LogP contribution in [-0.2, 0) is 30.8 Å². The second-order valence-electron chi connectivity index (χ2n) is 10.3. The van der Waals surface area contributed by atoms with Gasteiger partial charge in [-0.05, 0) is 55.9 Å². The minimum absolute atomic E-state index is 0. The zero-order chi connectivity index (χ0) is 30.8. The van der Waals surface area contributed by atoms with E-state index in [0.29, 0.717) is 11.3 Å². The number of sulfone groups is 1. The Morgan fingerprint density at radius 2 is 1.81 bits per heavy atom. The molecule has 0 spiro atoms. The number of carbonyl (C=O) groups excluding carboxylic acids is 3. The van der Waals surface area contributed by atoms with E-state index in [-0.39, 0.29) is 35.9 Å². The van der Waals surface area contributed by atoms with Crippen molar-refractivity contribution in [3.63, 3.8) is 0 Å². The van der Waals surface area contributed by atoms with Crippen molar-refractivity contribution < 1.29 is 27.5 Å². The minimum atomic E-state index is -3.76. The summed E-state index contributed by atoms with van der Waals surface area (Å²) in [4.78, 5) is 43.7. The molecule has 2 N–H and O–H groups in total. The number of benzene rings is 3. The summed E-state index contributed by atoms with van der Waals surface area (Å²) in [5, 5.41) is 17.0. The van der Waals surface area contributed by atoms with Crippen LogP contribution >= 0.6 is 12.4 Å². The molecule has 228 valence electrons. The average molecular weight is 628 g/mol. The number of hydrogen-bond donors (Lipinski definition) is 2. The molecule has 0 aliphatic carbocycles. The van der Waals surface area contributed by atoms with Crippen LogP contribution in [0.15, 0.2) is 54.6 Å². The van der Waals surface area contributed by atoms with E-state index in [1.54, 1.807) is 33.0 Å². The van der Waals surface area contributed by atoms with Crippen LogP contribution in [0.25, 0.3) is 10.8 Å². The number of nitrogens with one attached hydrogen (secondary N) is 2. The predicted molar refractivity (Wildman–Crippen MR) is 167 cm³/mol. The lowest BCUT2D eigenvalue weighted by Gasteiger charge is -2.32. The Hall–Kier alpha value is -4.18. The second-order valence-corrected chi connectivity index (χ2v) is 12.4. The smallest absolute Gasteiger partial charge is 0.252 e. The van der Waals surface area contributed by atoms with E-state index >= 15 is 0 Å². The second kappa shape index (κ2) is 13.4. The Kier molecular flexibility index (Phi) is 10.4. The van der Waals surface area contributed by atoms with Crippen LogP contribution < -0.4 is 25.2 Å². The number of anilines is 2. The molecule has 0 bridgehead atoms. The van der Waals surface area contributed by atoms with Gasteiger partial charge in [-0.3, -0.25) is 14.4 Å². The molecular formula is C30H34ClN5O6S. The number of likely N-dealkylation sites (N-methyl/N-ethyl adjacent to an activating group) is 1. The largest absolute Gasteiger partial charge is 0.496 e. The normalized spacial score (nSPS) is 17.3. The third kappa shape index (κ3) is 6.91. The number of carbonyl (C=O) groups is 3. The van der Waals surface area contributed by atoms with Crippen molar-refractivity contribution in [2.45, 2.75) is 38.5 Å². The van der Waals surface area contributed by atoms with Crippen LogP contribution in [0.4, 0.5) is 11.4 Å². The highest BCUT2D eigenvalue weighted by Gasteiger charge is 2.43. The lowest BCUT2D eigenvalue weighted by Crippen LogP contribution is -2.60. The van der Waals surface area contributed by atoms with Gasteiger partial charge < -0.3 is 25.2 Å². The zero-order valence-electron chi connectivity index (χ0n) is 24.5. The fourth-order valence-corrected chi connectivity index (χ4v) is 5.70. The van der Waals surface area contributed by atoms with Gasteiger partial charge >= 0.3 is 0 Å². The SMILES string of the molecule is CN[C@@H](C)C(=O)N[C@@H]1C(=O)N(Cc2c(OC)ccc3ccccc23)c2ccc(C#N)cc2N(C(=O)CS(C)(=O)=O)[C@H]1C.Cl. The highest BCUT2D eigenvalue weighted by atomic mass is 35.5. The molecule has 1 aliphatic rings. The number of methoxy groups -OCH3 is 1. The molecule has 0 radical (unpaired) electrons. The van der Waals surface area contributed by atoms with Crippen LogP contribution in [0.2, 0.25) is 0 Å². The van der Waals surface area contributed by atoms with Crippen molar-refractivity contribution in [2.75, 3.05) is 36.0 Å². The number of ether oxygens (including phenoxy) is 1. The Balaban J connectivity index is 0.00000506. The molecule has 4 rings (SSSR count). The summed E-state index contributed by atoms with van der Waals surface area (Å²) in [6.45, 7) is 3.19. The van der Waals surface area contributed by atoms with E-state index in [0.717, 1.165) is 17.0 Å². The predicted octanol–water partition coefficient (Wildman–Crippen LogP) is 2.55. The molecule has 0 saturated heterocycles. The molecule has 1 aliphatic heterocycles. The fourth-order valence-electron chi connectivity index (χ4n) is 5.11. The van der Waals surface area contributed by atoms with E-state index in [9.17, 15) is 28.1 Å². The van der Waals surface area contributed by atoms with Crippen molar-refractivity contribution >= 4 is 62.1 Å². The average Bonchev–Trinajstić information content (AvgIpc) is 3.04. The van der Waals surface area contributed by atoms with Crippen LogP contribution in [0.1, 0.15) is 25.0 Å². The van der Waals surface area contributed by atoms with E-state index in [1.165, 1.54) is 29.0 Å². The van der Waals surface area contributed by atoms with E-state index in [2.05, 4.69) is 10.6 Å². The molecule has 3 amide bonds. The maximum atomic E-state index is 14.4. The Morgan fingerprint density at radius 1 is 1.12 bits per heavy atom. The highest BCUT2D eigenvalue weighted by Crippen LogP contribution is 2.39. The first-order chi connectivity index (χ1) is 19.9. The third-order valence-corrected chi connectivity index (χ3v) is 8.16. The Labute approximate surface area is 257 Å². The molecule has 3 aromatic carbocycles. The summed E-state index contributed by atoms with van der Waals surface area (Å²) in [5.41, 5.74) is 1.36. The quantitative estimate of drug-likeness (QED) is 0.387. The van der Waals surface area contributed by atoms with Gasteiger partial charge in [-0.2, -0.15) is 5.26 Å². The van der Waals surface area contributed by atoms with Crippen molar-refractivity contribution in [2.24, 2.45) is 0 Å². The maximum absolute atomic E-state index is 14.4. The van der Waals surface area contributed by atoms with Gasteiger partial charge in [0.25, 0.3) is 5.91 Å². The summed E-state index contributed by atoms with van der Waals surface area (Å²) < 4.78 is 30.1. The van der Waals surface area contributed by atoms with E-state index in [4.69, 9.17) is 4.74 Å². The van der Waals surface area contributed by atoms with Gasteiger partial charge in [0.1, 0.15) is 17.5 Å². The van der Waals surface area contributed by atoms with Gasteiger partial charge in [0.15, 0.2) is 9.84 Å². The molecule has 13 heteroatoms. The van der Waals surface area contributed by atoms with Crippen LogP contribution in [-0.4, -0.2) is 70.4 Å². The standard InChI is InChI=1S/C30H33N5O6S.ClH/c1-18(32-3)29(37)33-28-19(2)35(27(36)17-42(5,39)40)25-14-20(15-31)10-12-24(25)34(30(28)38)16-23-22-9-7-6-8-21(22)11-13-26(23)41-4;/h6-14,18-19,28,32H,16-17H2,1-5H3,(H,33,37);1H/t18-,19-,28-;/m0./s1. The van der Waals surface area contributed by atoms with E-state index in [1.807, 2.05) is 36.4 Å². The van der Waals surface area contributed by atoms with E-state index < -0.39 is 51.4 Å². The topological polar surface area (TPSA) is 149 Å². The monoisotopic (exact) mass is 627 g/mol. The summed E-state index contributed by atoms with van der Waals surface area (Å²) in [6.07, 6.45) is 0.943. The molecule has 3 aromatic rings. The first-order valence-electron chi connectivity index (χ1n) is 13.3. The number of fused-ring (bicyclic) bond motifs is 2. The van der Waals surface area contributed by atoms with Gasteiger partial charge in [0.2, 0.25) is 11.8 Å². The summed E-state index contributed by atoms with van der Waals surface area (Å²) in [6, 6.07) is 15.0. The van der Waals surface area contributed by atoms with Gasteiger partial charge in [-0.25, -0.2) is 8.42 Å². The molecule has 0 saturated carbocycles. The van der Waals surface area contributed by atoms with Gasteiger partial charge in [-0.15, -0.1) is 12.4 Å². The van der Waals surface area contributed by atoms with Crippen LogP contribution in [0, 0.1) is 11.3 Å². The Bertz CT molecular complexity index is 1710. The van der Waals surface area contributed by atoms with Crippen LogP contribution in [0.5, 0.6) is 5.75 Å². The molecule has 43 heavy (non-hydrogen) atoms.